The predicted molar refractivity (Wildman–Crippen MR) is 181 cm³/mol. The van der Waals surface area contributed by atoms with E-state index in [0.29, 0.717) is 11.5 Å². The van der Waals surface area contributed by atoms with Crippen LogP contribution in [0.3, 0.4) is 0 Å². The fourth-order valence-electron chi connectivity index (χ4n) is 5.59. The van der Waals surface area contributed by atoms with Crippen molar-refractivity contribution in [3.8, 4) is 22.6 Å². The first-order valence-electron chi connectivity index (χ1n) is 15.2. The number of benzene rings is 4. The van der Waals surface area contributed by atoms with Gasteiger partial charge in [0.05, 0.1) is 0 Å². The third-order valence-corrected chi connectivity index (χ3v) is 9.92. The summed E-state index contributed by atoms with van der Waals surface area (Å²) < 4.78 is 10.7. The second-order valence-electron chi connectivity index (χ2n) is 11.3. The first-order chi connectivity index (χ1) is 21.7. The molecule has 5 rings (SSSR count). The molecule has 234 valence electrons. The lowest BCUT2D eigenvalue weighted by atomic mass is 10.0. The summed E-state index contributed by atoms with van der Waals surface area (Å²) in [6.45, 7) is 3.24. The minimum absolute atomic E-state index is 0.325. The number of carboxylic acids is 2. The quantitative estimate of drug-likeness (QED) is 0.0821. The number of aryl methyl sites for hydroxylation is 4. The van der Waals surface area contributed by atoms with Crippen LogP contribution in [0.4, 0.5) is 0 Å². The molecule has 0 fully saturated rings. The van der Waals surface area contributed by atoms with E-state index in [1.165, 1.54) is 43.2 Å². The lowest BCUT2D eigenvalue weighted by molar-refractivity contribution is -0.140. The number of fused-ring (bicyclic) bond motifs is 3. The van der Waals surface area contributed by atoms with Crippen molar-refractivity contribution in [2.24, 2.45) is 0 Å². The molecule has 0 amide bonds. The normalized spacial score (nSPS) is 11.6. The van der Waals surface area contributed by atoms with E-state index in [2.05, 4.69) is 48.5 Å². The Balaban J connectivity index is 1.06. The third-order valence-electron chi connectivity index (χ3n) is 7.76. The van der Waals surface area contributed by atoms with Gasteiger partial charge in [0.2, 0.25) is 0 Å². The fourth-order valence-corrected chi connectivity index (χ4v) is 7.48. The Morgan fingerprint density at radius 3 is 1.49 bits per heavy atom. The number of carboxylic acid groups (broad SMARTS) is 2. The van der Waals surface area contributed by atoms with Crippen LogP contribution in [0, 0.1) is 13.8 Å². The molecule has 2 N–H and O–H groups in total. The summed E-state index contributed by atoms with van der Waals surface area (Å²) in [7, 11) is 0. The molecule has 0 unspecified atom stereocenters. The summed E-state index contributed by atoms with van der Waals surface area (Å²) in [6, 6.07) is 25.7. The number of aliphatic carboxylic acids is 2. The maximum Gasteiger partial charge on any atom is 0.341 e. The number of rotatable bonds is 16. The van der Waals surface area contributed by atoms with Crippen LogP contribution in [0.1, 0.15) is 46.2 Å². The van der Waals surface area contributed by atoms with Gasteiger partial charge in [-0.3, -0.25) is 0 Å². The molecule has 0 aliphatic heterocycles. The van der Waals surface area contributed by atoms with Crippen molar-refractivity contribution in [3.63, 3.8) is 0 Å². The number of carbonyl (C=O) groups is 2. The van der Waals surface area contributed by atoms with Gasteiger partial charge in [0.1, 0.15) is 11.5 Å². The Kier molecular flexibility index (Phi) is 11.1. The molecule has 1 aliphatic carbocycles. The molecule has 45 heavy (non-hydrogen) atoms. The zero-order valence-corrected chi connectivity index (χ0v) is 27.3. The van der Waals surface area contributed by atoms with Gasteiger partial charge >= 0.3 is 11.9 Å². The molecular formula is C37H38O6S2. The lowest BCUT2D eigenvalue weighted by Crippen LogP contribution is -2.09. The Morgan fingerprint density at radius 2 is 1.09 bits per heavy atom. The molecule has 0 bridgehead atoms. The van der Waals surface area contributed by atoms with E-state index in [4.69, 9.17) is 19.7 Å². The topological polar surface area (TPSA) is 93.1 Å². The number of thioether (sulfide) groups is 2. The van der Waals surface area contributed by atoms with E-state index in [1.54, 1.807) is 0 Å². The summed E-state index contributed by atoms with van der Waals surface area (Å²) in [6.07, 6.45) is 5.22. The van der Waals surface area contributed by atoms with Crippen LogP contribution in [0.25, 0.3) is 11.1 Å². The Hall–Kier alpha value is -3.88. The number of hydrogen-bond donors (Lipinski definition) is 2. The molecule has 0 aromatic heterocycles. The van der Waals surface area contributed by atoms with Crippen molar-refractivity contribution in [1.82, 2.24) is 0 Å². The van der Waals surface area contributed by atoms with Crippen LogP contribution >= 0.6 is 23.5 Å². The Morgan fingerprint density at radius 1 is 0.644 bits per heavy atom. The molecule has 0 saturated heterocycles. The zero-order chi connectivity index (χ0) is 31.8. The second-order valence-corrected chi connectivity index (χ2v) is 13.6. The molecule has 1 aliphatic rings. The van der Waals surface area contributed by atoms with E-state index in [9.17, 15) is 9.59 Å². The average molecular weight is 643 g/mol. The minimum atomic E-state index is -0.973. The van der Waals surface area contributed by atoms with Crippen LogP contribution < -0.4 is 9.47 Å². The van der Waals surface area contributed by atoms with Gasteiger partial charge in [-0.05, 0) is 138 Å². The SMILES string of the molecule is Cc1cc(SCCCc2ccc3c(c2)Cc2cc(CCCSc4ccc(OCC(=O)O)c(C)c4)ccc2-3)ccc1OCC(=O)O. The maximum absolute atomic E-state index is 10.8. The number of ether oxygens (including phenoxy) is 2. The van der Waals surface area contributed by atoms with Crippen molar-refractivity contribution in [1.29, 1.82) is 0 Å². The third kappa shape index (κ3) is 9.08. The molecule has 6 nitrogen and oxygen atoms in total. The van der Waals surface area contributed by atoms with Gasteiger partial charge in [0.25, 0.3) is 0 Å². The van der Waals surface area contributed by atoms with Gasteiger partial charge in [-0.2, -0.15) is 0 Å². The molecular weight excluding hydrogens is 605 g/mol. The largest absolute Gasteiger partial charge is 0.482 e. The highest BCUT2D eigenvalue weighted by molar-refractivity contribution is 7.99. The van der Waals surface area contributed by atoms with Gasteiger partial charge < -0.3 is 19.7 Å². The van der Waals surface area contributed by atoms with Crippen LogP contribution in [0.5, 0.6) is 11.5 Å². The highest BCUT2D eigenvalue weighted by atomic mass is 32.2. The summed E-state index contributed by atoms with van der Waals surface area (Å²) in [5.41, 5.74) is 10.2. The molecule has 4 aromatic rings. The number of hydrogen-bond acceptors (Lipinski definition) is 6. The summed E-state index contributed by atoms with van der Waals surface area (Å²) in [4.78, 5) is 23.8. The average Bonchev–Trinajstić information content (AvgIpc) is 3.37. The maximum atomic E-state index is 10.8. The molecule has 0 spiro atoms. The highest BCUT2D eigenvalue weighted by Gasteiger charge is 2.19. The van der Waals surface area contributed by atoms with Crippen molar-refractivity contribution in [2.45, 2.75) is 55.7 Å². The lowest BCUT2D eigenvalue weighted by Gasteiger charge is -2.09. The van der Waals surface area contributed by atoms with E-state index < -0.39 is 11.9 Å². The Bertz CT molecular complexity index is 1560. The molecule has 0 saturated carbocycles. The van der Waals surface area contributed by atoms with Crippen LogP contribution in [0.15, 0.2) is 82.6 Å². The smallest absolute Gasteiger partial charge is 0.341 e. The van der Waals surface area contributed by atoms with Crippen molar-refractivity contribution in [2.75, 3.05) is 24.7 Å². The monoisotopic (exact) mass is 642 g/mol. The molecule has 0 radical (unpaired) electrons. The second kappa shape index (κ2) is 15.4. The first-order valence-corrected chi connectivity index (χ1v) is 17.1. The summed E-state index contributed by atoms with van der Waals surface area (Å²) in [5.74, 6) is 1.32. The minimum Gasteiger partial charge on any atom is -0.482 e. The Labute approximate surface area is 273 Å². The van der Waals surface area contributed by atoms with Crippen molar-refractivity contribution < 1.29 is 29.3 Å². The first kappa shape index (κ1) is 32.5. The zero-order valence-electron chi connectivity index (χ0n) is 25.6. The van der Waals surface area contributed by atoms with Gasteiger partial charge in [-0.15, -0.1) is 23.5 Å². The van der Waals surface area contributed by atoms with Crippen LogP contribution in [0.2, 0.25) is 0 Å². The molecule has 4 aromatic carbocycles. The van der Waals surface area contributed by atoms with E-state index >= 15 is 0 Å². The standard InChI is InChI=1S/C37H38O6S2/c1-24-17-30(9-13-34(24)42-22-36(38)39)44-15-3-5-26-7-11-32-28(19-26)21-29-20-27(8-12-33(29)32)6-4-16-45-31-10-14-35(25(2)18-31)43-23-37(40)41/h7-14,17-20H,3-6,15-16,21-23H2,1-2H3,(H,38,39)(H,40,41). The molecule has 0 atom stereocenters. The van der Waals surface area contributed by atoms with Crippen molar-refractivity contribution in [3.05, 3.63) is 106 Å². The van der Waals surface area contributed by atoms with E-state index in [0.717, 1.165) is 54.7 Å². The predicted octanol–water partition coefficient (Wildman–Crippen LogP) is 8.25. The highest BCUT2D eigenvalue weighted by Crippen LogP contribution is 2.38. The molecule has 8 heteroatoms. The van der Waals surface area contributed by atoms with Gasteiger partial charge in [0.15, 0.2) is 13.2 Å². The van der Waals surface area contributed by atoms with Crippen LogP contribution in [-0.4, -0.2) is 46.9 Å². The van der Waals surface area contributed by atoms with E-state index in [-0.39, 0.29) is 13.2 Å². The van der Waals surface area contributed by atoms with Gasteiger partial charge in [-0.25, -0.2) is 9.59 Å². The van der Waals surface area contributed by atoms with E-state index in [1.807, 2.05) is 61.6 Å². The summed E-state index contributed by atoms with van der Waals surface area (Å²) in [5, 5.41) is 17.6. The van der Waals surface area contributed by atoms with Gasteiger partial charge in [-0.1, -0.05) is 36.4 Å². The van der Waals surface area contributed by atoms with Gasteiger partial charge in [0, 0.05) is 9.79 Å². The van der Waals surface area contributed by atoms with Crippen LogP contribution in [-0.2, 0) is 28.9 Å². The molecule has 0 heterocycles. The summed E-state index contributed by atoms with van der Waals surface area (Å²) >= 11 is 3.64. The van der Waals surface area contributed by atoms with Crippen molar-refractivity contribution >= 4 is 35.5 Å². The fraction of sp³-hybridized carbons (Fsp3) is 0.297.